The summed E-state index contributed by atoms with van der Waals surface area (Å²) >= 11 is 0. The first-order chi connectivity index (χ1) is 9.38. The van der Waals surface area contributed by atoms with E-state index in [1.807, 2.05) is 42.5 Å². The van der Waals surface area contributed by atoms with Crippen LogP contribution in [0.15, 0.2) is 65.2 Å². The highest BCUT2D eigenvalue weighted by molar-refractivity contribution is 5.63. The number of aryl methyl sites for hydroxylation is 1. The molecule has 0 amide bonds. The lowest BCUT2D eigenvalue weighted by Crippen LogP contribution is -1.86. The molecule has 19 heavy (non-hydrogen) atoms. The summed E-state index contributed by atoms with van der Waals surface area (Å²) in [6.45, 7) is 2.14. The van der Waals surface area contributed by atoms with E-state index in [9.17, 15) is 0 Å². The Labute approximate surface area is 112 Å². The minimum atomic E-state index is 0.691. The second-order valence-electron chi connectivity index (χ2n) is 4.41. The number of benzene rings is 2. The Kier molecular flexibility index (Phi) is 3.15. The normalized spacial score (nSPS) is 10.6. The van der Waals surface area contributed by atoms with Crippen molar-refractivity contribution in [3.8, 4) is 22.8 Å². The van der Waals surface area contributed by atoms with Crippen molar-refractivity contribution in [1.82, 2.24) is 4.98 Å². The summed E-state index contributed by atoms with van der Waals surface area (Å²) in [4.78, 5) is 4.40. The molecular formula is C17H15NO. The van der Waals surface area contributed by atoms with Gasteiger partial charge in [0.05, 0.1) is 6.20 Å². The Morgan fingerprint density at radius 3 is 2.47 bits per heavy atom. The molecule has 1 heterocycles. The van der Waals surface area contributed by atoms with E-state index in [1.54, 1.807) is 6.20 Å². The summed E-state index contributed by atoms with van der Waals surface area (Å²) in [6, 6.07) is 18.3. The van der Waals surface area contributed by atoms with Gasteiger partial charge in [0.25, 0.3) is 0 Å². The van der Waals surface area contributed by atoms with Crippen LogP contribution in [0.1, 0.15) is 12.5 Å². The SMILES string of the molecule is CCc1ccccc1-c1ncc(-c2ccccc2)o1. The van der Waals surface area contributed by atoms with Gasteiger partial charge in [0.1, 0.15) is 0 Å². The molecule has 0 radical (unpaired) electrons. The van der Waals surface area contributed by atoms with Gasteiger partial charge in [0.15, 0.2) is 5.76 Å². The molecule has 3 aromatic rings. The third kappa shape index (κ3) is 2.29. The molecule has 0 bridgehead atoms. The fourth-order valence-electron chi connectivity index (χ4n) is 2.17. The number of rotatable bonds is 3. The van der Waals surface area contributed by atoms with Crippen LogP contribution >= 0.6 is 0 Å². The Morgan fingerprint density at radius 2 is 1.68 bits per heavy atom. The van der Waals surface area contributed by atoms with E-state index in [4.69, 9.17) is 4.42 Å². The van der Waals surface area contributed by atoms with E-state index in [0.717, 1.165) is 23.3 Å². The highest BCUT2D eigenvalue weighted by Gasteiger charge is 2.10. The monoisotopic (exact) mass is 249 g/mol. The number of hydrogen-bond donors (Lipinski definition) is 0. The first-order valence-corrected chi connectivity index (χ1v) is 6.48. The average molecular weight is 249 g/mol. The van der Waals surface area contributed by atoms with Gasteiger partial charge in [-0.25, -0.2) is 4.98 Å². The van der Waals surface area contributed by atoms with Crippen LogP contribution in [0.4, 0.5) is 0 Å². The van der Waals surface area contributed by atoms with Gasteiger partial charge in [-0.3, -0.25) is 0 Å². The number of oxazole rings is 1. The van der Waals surface area contributed by atoms with Gasteiger partial charge in [-0.15, -0.1) is 0 Å². The van der Waals surface area contributed by atoms with Crippen molar-refractivity contribution < 1.29 is 4.42 Å². The zero-order chi connectivity index (χ0) is 13.1. The standard InChI is InChI=1S/C17H15NO/c1-2-13-8-6-7-11-15(13)17-18-12-16(19-17)14-9-4-3-5-10-14/h3-12H,2H2,1H3. The van der Waals surface area contributed by atoms with Crippen molar-refractivity contribution in [2.75, 3.05) is 0 Å². The fraction of sp³-hybridized carbons (Fsp3) is 0.118. The third-order valence-electron chi connectivity index (χ3n) is 3.19. The van der Waals surface area contributed by atoms with Gasteiger partial charge in [0, 0.05) is 11.1 Å². The summed E-state index contributed by atoms with van der Waals surface area (Å²) < 4.78 is 5.89. The largest absolute Gasteiger partial charge is 0.436 e. The molecule has 0 unspecified atom stereocenters. The molecule has 3 rings (SSSR count). The van der Waals surface area contributed by atoms with Crippen molar-refractivity contribution in [3.05, 3.63) is 66.4 Å². The van der Waals surface area contributed by atoms with E-state index in [2.05, 4.69) is 24.0 Å². The lowest BCUT2D eigenvalue weighted by Gasteiger charge is -2.02. The molecule has 0 aliphatic heterocycles. The first kappa shape index (κ1) is 11.7. The summed E-state index contributed by atoms with van der Waals surface area (Å²) in [5, 5.41) is 0. The van der Waals surface area contributed by atoms with Crippen LogP contribution < -0.4 is 0 Å². The molecular weight excluding hydrogens is 234 g/mol. The lowest BCUT2D eigenvalue weighted by molar-refractivity contribution is 0.588. The lowest BCUT2D eigenvalue weighted by atomic mass is 10.1. The molecule has 2 aromatic carbocycles. The second-order valence-corrected chi connectivity index (χ2v) is 4.41. The van der Waals surface area contributed by atoms with Gasteiger partial charge in [-0.1, -0.05) is 55.5 Å². The molecule has 0 fully saturated rings. The van der Waals surface area contributed by atoms with Crippen LogP contribution in [-0.2, 0) is 6.42 Å². The molecule has 0 atom stereocenters. The minimum Gasteiger partial charge on any atom is -0.436 e. The molecule has 0 aliphatic carbocycles. The molecule has 2 nitrogen and oxygen atoms in total. The summed E-state index contributed by atoms with van der Waals surface area (Å²) in [7, 11) is 0. The minimum absolute atomic E-state index is 0.691. The predicted molar refractivity (Wildman–Crippen MR) is 76.8 cm³/mol. The van der Waals surface area contributed by atoms with Crippen molar-refractivity contribution in [3.63, 3.8) is 0 Å². The van der Waals surface area contributed by atoms with E-state index < -0.39 is 0 Å². The summed E-state index contributed by atoms with van der Waals surface area (Å²) in [5.74, 6) is 1.50. The predicted octanol–water partition coefficient (Wildman–Crippen LogP) is 4.57. The van der Waals surface area contributed by atoms with Crippen molar-refractivity contribution in [2.45, 2.75) is 13.3 Å². The highest BCUT2D eigenvalue weighted by Crippen LogP contribution is 2.28. The summed E-state index contributed by atoms with van der Waals surface area (Å²) in [5.41, 5.74) is 3.38. The van der Waals surface area contributed by atoms with Gasteiger partial charge in [-0.05, 0) is 18.1 Å². The van der Waals surface area contributed by atoms with Gasteiger partial charge < -0.3 is 4.42 Å². The zero-order valence-electron chi connectivity index (χ0n) is 10.8. The Balaban J connectivity index is 2.02. The van der Waals surface area contributed by atoms with Crippen molar-refractivity contribution >= 4 is 0 Å². The molecule has 94 valence electrons. The smallest absolute Gasteiger partial charge is 0.226 e. The van der Waals surface area contributed by atoms with Crippen LogP contribution in [0.3, 0.4) is 0 Å². The van der Waals surface area contributed by atoms with E-state index in [-0.39, 0.29) is 0 Å². The van der Waals surface area contributed by atoms with Gasteiger partial charge in [-0.2, -0.15) is 0 Å². The van der Waals surface area contributed by atoms with Crippen LogP contribution in [0.2, 0.25) is 0 Å². The molecule has 2 heteroatoms. The van der Waals surface area contributed by atoms with Crippen molar-refractivity contribution in [1.29, 1.82) is 0 Å². The second kappa shape index (κ2) is 5.11. The Morgan fingerprint density at radius 1 is 0.947 bits per heavy atom. The van der Waals surface area contributed by atoms with Crippen LogP contribution in [0, 0.1) is 0 Å². The topological polar surface area (TPSA) is 26.0 Å². The molecule has 1 aromatic heterocycles. The zero-order valence-corrected chi connectivity index (χ0v) is 10.8. The maximum absolute atomic E-state index is 5.89. The maximum atomic E-state index is 5.89. The Hall–Kier alpha value is -2.35. The molecule has 0 spiro atoms. The van der Waals surface area contributed by atoms with Crippen LogP contribution in [0.25, 0.3) is 22.8 Å². The van der Waals surface area contributed by atoms with Crippen LogP contribution in [-0.4, -0.2) is 4.98 Å². The van der Waals surface area contributed by atoms with E-state index >= 15 is 0 Å². The number of aromatic nitrogens is 1. The molecule has 0 aliphatic rings. The number of nitrogens with zero attached hydrogens (tertiary/aromatic N) is 1. The molecule has 0 N–H and O–H groups in total. The third-order valence-corrected chi connectivity index (χ3v) is 3.19. The maximum Gasteiger partial charge on any atom is 0.226 e. The van der Waals surface area contributed by atoms with Gasteiger partial charge in [0.2, 0.25) is 5.89 Å². The van der Waals surface area contributed by atoms with Crippen LogP contribution in [0.5, 0.6) is 0 Å². The highest BCUT2D eigenvalue weighted by atomic mass is 16.4. The Bertz CT molecular complexity index is 670. The fourth-order valence-corrected chi connectivity index (χ4v) is 2.17. The van der Waals surface area contributed by atoms with Crippen molar-refractivity contribution in [2.24, 2.45) is 0 Å². The van der Waals surface area contributed by atoms with E-state index in [0.29, 0.717) is 5.89 Å². The van der Waals surface area contributed by atoms with Gasteiger partial charge >= 0.3 is 0 Å². The molecule has 0 saturated heterocycles. The summed E-state index contributed by atoms with van der Waals surface area (Å²) in [6.07, 6.45) is 2.76. The quantitative estimate of drug-likeness (QED) is 0.679. The average Bonchev–Trinajstić information content (AvgIpc) is 2.98. The van der Waals surface area contributed by atoms with E-state index in [1.165, 1.54) is 5.56 Å². The first-order valence-electron chi connectivity index (χ1n) is 6.48. The molecule has 0 saturated carbocycles. The number of hydrogen-bond acceptors (Lipinski definition) is 2.